The first-order chi connectivity index (χ1) is 7.36. The number of likely N-dealkylation sites (tertiary alicyclic amines) is 1. The van der Waals surface area contributed by atoms with Crippen molar-refractivity contribution in [2.75, 3.05) is 19.6 Å². The Morgan fingerprint density at radius 2 is 2.00 bits per heavy atom. The van der Waals surface area contributed by atoms with Crippen LogP contribution in [0.4, 0.5) is 0 Å². The Bertz CT molecular complexity index is 187. The molecule has 0 spiro atoms. The van der Waals surface area contributed by atoms with E-state index in [0.717, 1.165) is 18.8 Å². The van der Waals surface area contributed by atoms with Crippen LogP contribution >= 0.6 is 0 Å². The molecule has 2 nitrogen and oxygen atoms in total. The van der Waals surface area contributed by atoms with E-state index in [1.165, 1.54) is 51.7 Å². The zero-order chi connectivity index (χ0) is 10.9. The largest absolute Gasteiger partial charge is 0.303 e. The van der Waals surface area contributed by atoms with Crippen LogP contribution in [0, 0.1) is 17.2 Å². The summed E-state index contributed by atoms with van der Waals surface area (Å²) >= 11 is 0. The standard InChI is InChI=1S/C13H24N2/c1-2-6-13-7-11-15(12-8-13)10-5-3-4-9-14/h13H,2-8,10-12H2,1H3. The van der Waals surface area contributed by atoms with Crippen LogP contribution in [0.2, 0.25) is 0 Å². The maximum Gasteiger partial charge on any atom is 0.0621 e. The van der Waals surface area contributed by atoms with E-state index in [1.807, 2.05) is 0 Å². The highest BCUT2D eigenvalue weighted by molar-refractivity contribution is 4.73. The van der Waals surface area contributed by atoms with Gasteiger partial charge in [-0.3, -0.25) is 0 Å². The average Bonchev–Trinajstić information content (AvgIpc) is 2.27. The van der Waals surface area contributed by atoms with Crippen molar-refractivity contribution in [3.05, 3.63) is 0 Å². The lowest BCUT2D eigenvalue weighted by Gasteiger charge is -2.31. The molecule has 0 unspecified atom stereocenters. The maximum atomic E-state index is 8.43. The van der Waals surface area contributed by atoms with Crippen LogP contribution in [0.1, 0.15) is 51.9 Å². The summed E-state index contributed by atoms with van der Waals surface area (Å²) in [4.78, 5) is 2.57. The maximum absolute atomic E-state index is 8.43. The minimum atomic E-state index is 0.728. The van der Waals surface area contributed by atoms with Crippen molar-refractivity contribution in [2.24, 2.45) is 5.92 Å². The Labute approximate surface area is 94.3 Å². The molecule has 1 rings (SSSR count). The van der Waals surface area contributed by atoms with Crippen molar-refractivity contribution >= 4 is 0 Å². The Hall–Kier alpha value is -0.550. The number of rotatable bonds is 6. The number of unbranched alkanes of at least 4 members (excludes halogenated alkanes) is 2. The van der Waals surface area contributed by atoms with Crippen molar-refractivity contribution in [2.45, 2.75) is 51.9 Å². The van der Waals surface area contributed by atoms with E-state index >= 15 is 0 Å². The fourth-order valence-corrected chi connectivity index (χ4v) is 2.45. The third kappa shape index (κ3) is 5.18. The third-order valence-electron chi connectivity index (χ3n) is 3.42. The highest BCUT2D eigenvalue weighted by atomic mass is 15.1. The molecule has 0 N–H and O–H groups in total. The molecule has 0 bridgehead atoms. The van der Waals surface area contributed by atoms with Crippen LogP contribution in [0.25, 0.3) is 0 Å². The third-order valence-corrected chi connectivity index (χ3v) is 3.42. The topological polar surface area (TPSA) is 27.0 Å². The summed E-state index contributed by atoms with van der Waals surface area (Å²) in [7, 11) is 0. The SMILES string of the molecule is CCCC1CCN(CCCCC#N)CC1. The van der Waals surface area contributed by atoms with E-state index in [-0.39, 0.29) is 0 Å². The fraction of sp³-hybridized carbons (Fsp3) is 0.923. The highest BCUT2D eigenvalue weighted by Crippen LogP contribution is 2.21. The molecule has 1 aliphatic rings. The molecule has 0 aromatic carbocycles. The Morgan fingerprint density at radius 1 is 1.27 bits per heavy atom. The lowest BCUT2D eigenvalue weighted by Crippen LogP contribution is -2.34. The average molecular weight is 208 g/mol. The van der Waals surface area contributed by atoms with E-state index in [2.05, 4.69) is 17.9 Å². The van der Waals surface area contributed by atoms with Crippen LogP contribution in [0.5, 0.6) is 0 Å². The monoisotopic (exact) mass is 208 g/mol. The second-order valence-electron chi connectivity index (χ2n) is 4.69. The van der Waals surface area contributed by atoms with E-state index in [4.69, 9.17) is 5.26 Å². The predicted molar refractivity (Wildman–Crippen MR) is 63.5 cm³/mol. The molecule has 0 radical (unpaired) electrons. The molecule has 0 saturated carbocycles. The van der Waals surface area contributed by atoms with E-state index < -0.39 is 0 Å². The molecule has 1 aliphatic heterocycles. The number of hydrogen-bond acceptors (Lipinski definition) is 2. The number of nitrogens with zero attached hydrogens (tertiary/aromatic N) is 2. The molecular weight excluding hydrogens is 184 g/mol. The summed E-state index contributed by atoms with van der Waals surface area (Å²) in [5.74, 6) is 0.991. The van der Waals surface area contributed by atoms with Crippen LogP contribution in [-0.2, 0) is 0 Å². The molecule has 0 atom stereocenters. The van der Waals surface area contributed by atoms with Gasteiger partial charge in [-0.05, 0) is 51.2 Å². The summed E-state index contributed by atoms with van der Waals surface area (Å²) in [5, 5.41) is 8.43. The predicted octanol–water partition coefficient (Wildman–Crippen LogP) is 3.19. The molecule has 1 saturated heterocycles. The zero-order valence-electron chi connectivity index (χ0n) is 10.0. The zero-order valence-corrected chi connectivity index (χ0v) is 10.0. The van der Waals surface area contributed by atoms with Gasteiger partial charge in [0, 0.05) is 6.42 Å². The van der Waals surface area contributed by atoms with Crippen LogP contribution < -0.4 is 0 Å². The van der Waals surface area contributed by atoms with Crippen LogP contribution in [0.15, 0.2) is 0 Å². The summed E-state index contributed by atoms with van der Waals surface area (Å²) < 4.78 is 0. The Balaban J connectivity index is 2.02. The van der Waals surface area contributed by atoms with Crippen molar-refractivity contribution < 1.29 is 0 Å². The quantitative estimate of drug-likeness (QED) is 0.627. The van der Waals surface area contributed by atoms with Gasteiger partial charge in [0.25, 0.3) is 0 Å². The van der Waals surface area contributed by atoms with Crippen LogP contribution in [-0.4, -0.2) is 24.5 Å². The Morgan fingerprint density at radius 3 is 2.60 bits per heavy atom. The van der Waals surface area contributed by atoms with Gasteiger partial charge in [0.1, 0.15) is 0 Å². The minimum absolute atomic E-state index is 0.728. The molecule has 1 heterocycles. The summed E-state index contributed by atoms with van der Waals surface area (Å²) in [6, 6.07) is 2.21. The smallest absolute Gasteiger partial charge is 0.0621 e. The first-order valence-electron chi connectivity index (χ1n) is 6.46. The van der Waals surface area contributed by atoms with Gasteiger partial charge in [-0.15, -0.1) is 0 Å². The van der Waals surface area contributed by atoms with Crippen molar-refractivity contribution in [3.63, 3.8) is 0 Å². The number of hydrogen-bond donors (Lipinski definition) is 0. The summed E-state index contributed by atoms with van der Waals surface area (Å²) in [6.45, 7) is 6.07. The van der Waals surface area contributed by atoms with E-state index in [1.54, 1.807) is 0 Å². The molecular formula is C13H24N2. The first-order valence-corrected chi connectivity index (χ1v) is 6.46. The normalized spacial score (nSPS) is 18.9. The van der Waals surface area contributed by atoms with Gasteiger partial charge in [0.15, 0.2) is 0 Å². The van der Waals surface area contributed by atoms with Gasteiger partial charge in [-0.1, -0.05) is 19.8 Å². The van der Waals surface area contributed by atoms with Crippen LogP contribution in [0.3, 0.4) is 0 Å². The summed E-state index contributed by atoms with van der Waals surface area (Å²) in [6.07, 6.45) is 8.55. The van der Waals surface area contributed by atoms with Crippen molar-refractivity contribution in [1.82, 2.24) is 4.90 Å². The lowest BCUT2D eigenvalue weighted by molar-refractivity contribution is 0.176. The molecule has 15 heavy (non-hydrogen) atoms. The molecule has 0 aromatic heterocycles. The van der Waals surface area contributed by atoms with Gasteiger partial charge in [-0.2, -0.15) is 5.26 Å². The molecule has 0 amide bonds. The second-order valence-corrected chi connectivity index (χ2v) is 4.69. The molecule has 2 heteroatoms. The molecule has 0 aliphatic carbocycles. The van der Waals surface area contributed by atoms with Gasteiger partial charge in [0.2, 0.25) is 0 Å². The number of nitriles is 1. The molecule has 0 aromatic rings. The minimum Gasteiger partial charge on any atom is -0.303 e. The van der Waals surface area contributed by atoms with Gasteiger partial charge >= 0.3 is 0 Å². The molecule has 1 fully saturated rings. The highest BCUT2D eigenvalue weighted by Gasteiger charge is 2.17. The summed E-state index contributed by atoms with van der Waals surface area (Å²) in [5.41, 5.74) is 0. The molecule has 86 valence electrons. The van der Waals surface area contributed by atoms with E-state index in [9.17, 15) is 0 Å². The lowest BCUT2D eigenvalue weighted by atomic mass is 9.92. The number of piperidine rings is 1. The first kappa shape index (κ1) is 12.5. The fourth-order valence-electron chi connectivity index (χ4n) is 2.45. The van der Waals surface area contributed by atoms with Crippen molar-refractivity contribution in [1.29, 1.82) is 5.26 Å². The van der Waals surface area contributed by atoms with Crippen molar-refractivity contribution in [3.8, 4) is 6.07 Å². The van der Waals surface area contributed by atoms with Gasteiger partial charge in [-0.25, -0.2) is 0 Å². The Kier molecular flexibility index (Phi) is 6.43. The van der Waals surface area contributed by atoms with Gasteiger partial charge < -0.3 is 4.90 Å². The van der Waals surface area contributed by atoms with Gasteiger partial charge in [0.05, 0.1) is 6.07 Å². The van der Waals surface area contributed by atoms with E-state index in [0.29, 0.717) is 0 Å². The second kappa shape index (κ2) is 7.70.